The van der Waals surface area contributed by atoms with E-state index in [-0.39, 0.29) is 0 Å². The third kappa shape index (κ3) is 3.05. The van der Waals surface area contributed by atoms with Crippen molar-refractivity contribution in [3.8, 4) is 22.6 Å². The van der Waals surface area contributed by atoms with Gasteiger partial charge in [-0.3, -0.25) is 4.98 Å². The molecule has 28 heavy (non-hydrogen) atoms. The zero-order valence-electron chi connectivity index (χ0n) is 15.2. The normalized spacial score (nSPS) is 14.5. The van der Waals surface area contributed by atoms with Gasteiger partial charge in [0.1, 0.15) is 11.3 Å². The van der Waals surface area contributed by atoms with Crippen molar-refractivity contribution >= 4 is 22.6 Å². The molecular weight excluding hydrogens is 354 g/mol. The van der Waals surface area contributed by atoms with Crippen LogP contribution >= 0.6 is 0 Å². The first-order valence-electron chi connectivity index (χ1n) is 9.17. The average molecular weight is 373 g/mol. The number of ether oxygens (including phenoxy) is 1. The second-order valence-corrected chi connectivity index (χ2v) is 6.67. The largest absolute Gasteiger partial charge is 0.436 e. The summed E-state index contributed by atoms with van der Waals surface area (Å²) in [5, 5.41) is 0. The molecule has 7 heteroatoms. The summed E-state index contributed by atoms with van der Waals surface area (Å²) < 4.78 is 11.3. The van der Waals surface area contributed by atoms with Crippen LogP contribution in [0.25, 0.3) is 33.7 Å². The lowest BCUT2D eigenvalue weighted by Crippen LogP contribution is -2.36. The van der Waals surface area contributed by atoms with Crippen molar-refractivity contribution in [3.05, 3.63) is 55.0 Å². The van der Waals surface area contributed by atoms with E-state index in [0.717, 1.165) is 37.4 Å². The van der Waals surface area contributed by atoms with E-state index in [0.29, 0.717) is 28.4 Å². The predicted octanol–water partition coefficient (Wildman–Crippen LogP) is 3.37. The quantitative estimate of drug-likeness (QED) is 0.589. The first-order valence-corrected chi connectivity index (χ1v) is 9.17. The molecule has 1 aliphatic rings. The van der Waals surface area contributed by atoms with Gasteiger partial charge < -0.3 is 19.8 Å². The highest BCUT2D eigenvalue weighted by molar-refractivity contribution is 5.80. The molecule has 4 heterocycles. The van der Waals surface area contributed by atoms with Crippen LogP contribution in [-0.4, -0.2) is 41.3 Å². The molecule has 5 rings (SSSR count). The minimum atomic E-state index is 0.383. The highest BCUT2D eigenvalue weighted by Gasteiger charge is 2.15. The van der Waals surface area contributed by atoms with Crippen molar-refractivity contribution in [2.45, 2.75) is 0 Å². The molecule has 7 nitrogen and oxygen atoms in total. The van der Waals surface area contributed by atoms with Crippen LogP contribution in [0, 0.1) is 0 Å². The van der Waals surface area contributed by atoms with Crippen molar-refractivity contribution in [2.75, 3.05) is 36.9 Å². The monoisotopic (exact) mass is 373 g/mol. The molecule has 1 aliphatic heterocycles. The maximum absolute atomic E-state index is 6.10. The molecule has 1 saturated heterocycles. The number of nitrogen functional groups attached to an aromatic ring is 1. The Labute approximate surface area is 161 Å². The van der Waals surface area contributed by atoms with E-state index in [4.69, 9.17) is 14.9 Å². The smallest absolute Gasteiger partial charge is 0.231 e. The van der Waals surface area contributed by atoms with Crippen molar-refractivity contribution in [1.82, 2.24) is 15.0 Å². The van der Waals surface area contributed by atoms with E-state index in [1.165, 1.54) is 5.69 Å². The van der Waals surface area contributed by atoms with Crippen LogP contribution < -0.4 is 10.6 Å². The molecule has 0 unspecified atom stereocenters. The van der Waals surface area contributed by atoms with Crippen LogP contribution in [0.15, 0.2) is 59.4 Å². The van der Waals surface area contributed by atoms with Crippen molar-refractivity contribution in [2.24, 2.45) is 0 Å². The Bertz CT molecular complexity index is 1080. The molecule has 0 amide bonds. The standard InChI is InChI=1S/C21H19N5O2/c22-20-17(21-25-18-13-23-6-5-19(18)28-21)11-15(12-24-20)14-1-3-16(4-2-14)26-7-9-27-10-8-26/h1-6,11-13H,7-10H2,(H2,22,24). The number of anilines is 2. The average Bonchev–Trinajstić information content (AvgIpc) is 3.19. The summed E-state index contributed by atoms with van der Waals surface area (Å²) in [7, 11) is 0. The lowest BCUT2D eigenvalue weighted by molar-refractivity contribution is 0.122. The number of hydrogen-bond acceptors (Lipinski definition) is 7. The SMILES string of the molecule is Nc1ncc(-c2ccc(N3CCOCC3)cc2)cc1-c1nc2cnccc2o1. The van der Waals surface area contributed by atoms with Crippen molar-refractivity contribution in [1.29, 1.82) is 0 Å². The lowest BCUT2D eigenvalue weighted by atomic mass is 10.0. The van der Waals surface area contributed by atoms with Gasteiger partial charge in [-0.25, -0.2) is 9.97 Å². The number of nitrogens with zero attached hydrogens (tertiary/aromatic N) is 4. The first kappa shape index (κ1) is 16.7. The van der Waals surface area contributed by atoms with Crippen LogP contribution in [0.3, 0.4) is 0 Å². The Kier molecular flexibility index (Phi) is 4.14. The number of oxazole rings is 1. The zero-order valence-corrected chi connectivity index (χ0v) is 15.2. The molecule has 4 aromatic rings. The molecule has 140 valence electrons. The third-order valence-corrected chi connectivity index (χ3v) is 4.92. The summed E-state index contributed by atoms with van der Waals surface area (Å²) in [6.07, 6.45) is 5.11. The number of aromatic nitrogens is 3. The van der Waals surface area contributed by atoms with Crippen molar-refractivity contribution < 1.29 is 9.15 Å². The van der Waals surface area contributed by atoms with E-state index in [2.05, 4.69) is 44.1 Å². The zero-order chi connectivity index (χ0) is 18.9. The van der Waals surface area contributed by atoms with Gasteiger partial charge in [-0.1, -0.05) is 12.1 Å². The second-order valence-electron chi connectivity index (χ2n) is 6.67. The Balaban J connectivity index is 1.48. The van der Waals surface area contributed by atoms with Crippen LogP contribution in [-0.2, 0) is 4.74 Å². The van der Waals surface area contributed by atoms with E-state index in [1.807, 2.05) is 6.07 Å². The Morgan fingerprint density at radius 3 is 2.57 bits per heavy atom. The van der Waals surface area contributed by atoms with Gasteiger partial charge in [-0.2, -0.15) is 0 Å². The van der Waals surface area contributed by atoms with Gasteiger partial charge in [0.2, 0.25) is 5.89 Å². The molecular formula is C21H19N5O2. The molecule has 0 aliphatic carbocycles. The number of fused-ring (bicyclic) bond motifs is 1. The highest BCUT2D eigenvalue weighted by atomic mass is 16.5. The minimum Gasteiger partial charge on any atom is -0.436 e. The van der Waals surface area contributed by atoms with Gasteiger partial charge in [0, 0.05) is 42.8 Å². The van der Waals surface area contributed by atoms with E-state index >= 15 is 0 Å². The van der Waals surface area contributed by atoms with Gasteiger partial charge in [0.05, 0.1) is 25.0 Å². The molecule has 1 aromatic carbocycles. The number of nitrogens with two attached hydrogens (primary N) is 1. The van der Waals surface area contributed by atoms with Gasteiger partial charge in [-0.05, 0) is 23.8 Å². The van der Waals surface area contributed by atoms with Crippen LogP contribution in [0.5, 0.6) is 0 Å². The Morgan fingerprint density at radius 2 is 1.79 bits per heavy atom. The maximum Gasteiger partial charge on any atom is 0.231 e. The van der Waals surface area contributed by atoms with E-state index in [9.17, 15) is 0 Å². The molecule has 1 fully saturated rings. The fourth-order valence-corrected chi connectivity index (χ4v) is 3.39. The topological polar surface area (TPSA) is 90.3 Å². The summed E-state index contributed by atoms with van der Waals surface area (Å²) in [5.74, 6) is 0.827. The number of hydrogen-bond donors (Lipinski definition) is 1. The summed E-state index contributed by atoms with van der Waals surface area (Å²) in [6.45, 7) is 3.37. The van der Waals surface area contributed by atoms with E-state index < -0.39 is 0 Å². The second kappa shape index (κ2) is 6.94. The number of pyridine rings is 2. The molecule has 2 N–H and O–H groups in total. The minimum absolute atomic E-state index is 0.383. The predicted molar refractivity (Wildman–Crippen MR) is 108 cm³/mol. The highest BCUT2D eigenvalue weighted by Crippen LogP contribution is 2.31. The molecule has 3 aromatic heterocycles. The molecule has 0 saturated carbocycles. The lowest BCUT2D eigenvalue weighted by Gasteiger charge is -2.28. The number of rotatable bonds is 3. The van der Waals surface area contributed by atoms with E-state index in [1.54, 1.807) is 24.7 Å². The van der Waals surface area contributed by atoms with Gasteiger partial charge in [-0.15, -0.1) is 0 Å². The molecule has 0 bridgehead atoms. The first-order chi connectivity index (χ1) is 13.8. The van der Waals surface area contributed by atoms with Gasteiger partial charge >= 0.3 is 0 Å². The fraction of sp³-hybridized carbons (Fsp3) is 0.190. The van der Waals surface area contributed by atoms with Gasteiger partial charge in [0.15, 0.2) is 5.58 Å². The summed E-state index contributed by atoms with van der Waals surface area (Å²) in [4.78, 5) is 15.2. The summed E-state index contributed by atoms with van der Waals surface area (Å²) >= 11 is 0. The fourth-order valence-electron chi connectivity index (χ4n) is 3.39. The molecule has 0 spiro atoms. The molecule has 0 radical (unpaired) electrons. The number of morpholine rings is 1. The Morgan fingerprint density at radius 1 is 0.964 bits per heavy atom. The molecule has 0 atom stereocenters. The Hall–Kier alpha value is -3.45. The number of benzene rings is 1. The van der Waals surface area contributed by atoms with Gasteiger partial charge in [0.25, 0.3) is 0 Å². The third-order valence-electron chi connectivity index (χ3n) is 4.92. The van der Waals surface area contributed by atoms with Crippen LogP contribution in [0.4, 0.5) is 11.5 Å². The van der Waals surface area contributed by atoms with Crippen LogP contribution in [0.2, 0.25) is 0 Å². The van der Waals surface area contributed by atoms with Crippen LogP contribution in [0.1, 0.15) is 0 Å². The summed E-state index contributed by atoms with van der Waals surface area (Å²) in [5.41, 5.74) is 11.3. The van der Waals surface area contributed by atoms with Crippen molar-refractivity contribution in [3.63, 3.8) is 0 Å². The maximum atomic E-state index is 6.10. The summed E-state index contributed by atoms with van der Waals surface area (Å²) in [6, 6.07) is 12.2.